The van der Waals surface area contributed by atoms with Crippen molar-refractivity contribution >= 4 is 17.2 Å². The van der Waals surface area contributed by atoms with Gasteiger partial charge in [0.1, 0.15) is 28.1 Å². The smallest absolute Gasteiger partial charge is 0.140 e. The number of aromatic nitrogens is 1. The van der Waals surface area contributed by atoms with Crippen LogP contribution >= 0.6 is 12.2 Å². The number of methoxy groups -OCH3 is 2. The molecule has 1 aromatic heterocycles. The molecule has 3 aromatic carbocycles. The summed E-state index contributed by atoms with van der Waals surface area (Å²) in [6.07, 6.45) is 1.71. The Bertz CT molecular complexity index is 1210. The number of nitrogens with zero attached hydrogens (tertiary/aromatic N) is 1. The fraction of sp³-hybridized carbons (Fsp3) is 0.172. The van der Waals surface area contributed by atoms with Gasteiger partial charge in [0.05, 0.1) is 19.9 Å². The molecule has 1 heterocycles. The van der Waals surface area contributed by atoms with Crippen LogP contribution in [0.15, 0.2) is 97.2 Å². The normalized spacial score (nSPS) is 12.0. The molecule has 35 heavy (non-hydrogen) atoms. The average molecular weight is 485 g/mol. The monoisotopic (exact) mass is 484 g/mol. The van der Waals surface area contributed by atoms with E-state index in [0.29, 0.717) is 33.3 Å². The number of thiocarbonyl (C=S) groups is 1. The third kappa shape index (κ3) is 5.19. The Hall–Kier alpha value is -3.74. The molecule has 0 aliphatic rings. The molecule has 1 unspecified atom stereocenters. The van der Waals surface area contributed by atoms with Crippen molar-refractivity contribution in [2.24, 2.45) is 0 Å². The Kier molecular flexibility index (Phi) is 7.44. The van der Waals surface area contributed by atoms with E-state index in [9.17, 15) is 5.11 Å². The van der Waals surface area contributed by atoms with E-state index in [0.717, 1.165) is 11.1 Å². The van der Waals surface area contributed by atoms with Gasteiger partial charge >= 0.3 is 0 Å². The molecule has 0 bridgehead atoms. The topological polar surface area (TPSA) is 63.6 Å². The van der Waals surface area contributed by atoms with Crippen LogP contribution in [0.3, 0.4) is 0 Å². The van der Waals surface area contributed by atoms with Gasteiger partial charge in [-0.2, -0.15) is 0 Å². The van der Waals surface area contributed by atoms with Crippen molar-refractivity contribution in [1.82, 2.24) is 10.3 Å². The first-order valence-electron chi connectivity index (χ1n) is 11.3. The Morgan fingerprint density at radius 1 is 0.829 bits per heavy atom. The molecule has 5 nitrogen and oxygen atoms in total. The zero-order chi connectivity index (χ0) is 24.8. The van der Waals surface area contributed by atoms with Gasteiger partial charge in [-0.3, -0.25) is 4.98 Å². The largest absolute Gasteiger partial charge is 0.497 e. The summed E-state index contributed by atoms with van der Waals surface area (Å²) in [7, 11) is 3.23. The minimum Gasteiger partial charge on any atom is -0.497 e. The van der Waals surface area contributed by atoms with Crippen LogP contribution in [-0.2, 0) is 5.60 Å². The highest BCUT2D eigenvalue weighted by atomic mass is 32.1. The molecule has 4 rings (SSSR count). The molecule has 0 aliphatic carbocycles. The number of ether oxygens (including phenoxy) is 2. The minimum absolute atomic E-state index is 0.515. The summed E-state index contributed by atoms with van der Waals surface area (Å²) in [5, 5.41) is 16.0. The van der Waals surface area contributed by atoms with Gasteiger partial charge in [0, 0.05) is 11.8 Å². The van der Waals surface area contributed by atoms with E-state index in [1.165, 1.54) is 0 Å². The zero-order valence-corrected chi connectivity index (χ0v) is 20.8. The molecule has 0 saturated heterocycles. The van der Waals surface area contributed by atoms with Gasteiger partial charge in [0.2, 0.25) is 0 Å². The lowest BCUT2D eigenvalue weighted by Crippen LogP contribution is -2.45. The number of hydrogen-bond donors (Lipinski definition) is 2. The lowest BCUT2D eigenvalue weighted by Gasteiger charge is -2.38. The molecular weight excluding hydrogens is 456 g/mol. The Labute approximate surface area is 211 Å². The van der Waals surface area contributed by atoms with E-state index in [1.54, 1.807) is 20.4 Å². The van der Waals surface area contributed by atoms with Gasteiger partial charge in [-0.15, -0.1) is 0 Å². The zero-order valence-electron chi connectivity index (χ0n) is 19.9. The van der Waals surface area contributed by atoms with Gasteiger partial charge in [-0.1, -0.05) is 72.4 Å². The maximum absolute atomic E-state index is 12.6. The molecule has 178 valence electrons. The second-order valence-electron chi connectivity index (χ2n) is 8.25. The number of rotatable bonds is 8. The second-order valence-corrected chi connectivity index (χ2v) is 8.66. The summed E-state index contributed by atoms with van der Waals surface area (Å²) in [4.78, 5) is 5.11. The molecular formula is C29H28N2O3S. The summed E-state index contributed by atoms with van der Waals surface area (Å²) in [5.74, 6) is 1.40. The molecule has 2 N–H and O–H groups in total. The number of aryl methyl sites for hydroxylation is 1. The van der Waals surface area contributed by atoms with Crippen LogP contribution in [0.4, 0.5) is 0 Å². The van der Waals surface area contributed by atoms with Crippen molar-refractivity contribution in [3.63, 3.8) is 0 Å². The van der Waals surface area contributed by atoms with Crippen LogP contribution in [0.25, 0.3) is 0 Å². The van der Waals surface area contributed by atoms with E-state index in [-0.39, 0.29) is 0 Å². The molecule has 0 fully saturated rings. The number of pyridine rings is 1. The molecule has 0 amide bonds. The highest BCUT2D eigenvalue weighted by molar-refractivity contribution is 7.80. The summed E-state index contributed by atoms with van der Waals surface area (Å²) in [6.45, 7) is 2.03. The van der Waals surface area contributed by atoms with E-state index in [4.69, 9.17) is 21.7 Å². The SMILES string of the molecule is COc1ccc(C(O)(c2ccc(OC)cc2)C(NC(=S)c2ccc(C)cc2)c2ccccn2)cc1. The molecule has 4 aromatic rings. The minimum atomic E-state index is -1.53. The van der Waals surface area contributed by atoms with E-state index in [2.05, 4.69) is 10.3 Å². The van der Waals surface area contributed by atoms with E-state index in [1.807, 2.05) is 97.9 Å². The van der Waals surface area contributed by atoms with Crippen LogP contribution in [-0.4, -0.2) is 29.3 Å². The molecule has 0 spiro atoms. The van der Waals surface area contributed by atoms with Crippen LogP contribution in [0.5, 0.6) is 11.5 Å². The molecule has 1 atom stereocenters. The summed E-state index contributed by atoms with van der Waals surface area (Å²) in [6, 6.07) is 27.6. The Morgan fingerprint density at radius 2 is 1.37 bits per heavy atom. The fourth-order valence-corrected chi connectivity index (χ4v) is 4.30. The fourth-order valence-electron chi connectivity index (χ4n) is 4.05. The number of hydrogen-bond acceptors (Lipinski definition) is 5. The second kappa shape index (κ2) is 10.7. The van der Waals surface area contributed by atoms with Gasteiger partial charge in [-0.25, -0.2) is 0 Å². The third-order valence-corrected chi connectivity index (χ3v) is 6.40. The average Bonchev–Trinajstić information content (AvgIpc) is 2.92. The molecule has 6 heteroatoms. The highest BCUT2D eigenvalue weighted by Gasteiger charge is 2.43. The maximum atomic E-state index is 12.6. The predicted molar refractivity (Wildman–Crippen MR) is 142 cm³/mol. The quantitative estimate of drug-likeness (QED) is 0.329. The highest BCUT2D eigenvalue weighted by Crippen LogP contribution is 2.42. The van der Waals surface area contributed by atoms with Crippen LogP contribution in [0, 0.1) is 6.92 Å². The van der Waals surface area contributed by atoms with Crippen LogP contribution in [0.2, 0.25) is 0 Å². The van der Waals surface area contributed by atoms with Gasteiger partial charge in [0.25, 0.3) is 0 Å². The lowest BCUT2D eigenvalue weighted by atomic mass is 9.78. The van der Waals surface area contributed by atoms with Crippen molar-refractivity contribution in [1.29, 1.82) is 0 Å². The molecule has 0 saturated carbocycles. The Balaban J connectivity index is 1.87. The van der Waals surface area contributed by atoms with Gasteiger partial charge < -0.3 is 19.9 Å². The number of nitrogens with one attached hydrogen (secondary N) is 1. The van der Waals surface area contributed by atoms with Crippen LogP contribution < -0.4 is 14.8 Å². The first-order valence-corrected chi connectivity index (χ1v) is 11.7. The molecule has 0 radical (unpaired) electrons. The summed E-state index contributed by atoms with van der Waals surface area (Å²) >= 11 is 5.80. The molecule has 0 aliphatic heterocycles. The van der Waals surface area contributed by atoms with E-state index < -0.39 is 11.6 Å². The van der Waals surface area contributed by atoms with Crippen LogP contribution in [0.1, 0.15) is 34.0 Å². The summed E-state index contributed by atoms with van der Waals surface area (Å²) < 4.78 is 10.7. The van der Waals surface area contributed by atoms with Crippen molar-refractivity contribution in [3.8, 4) is 11.5 Å². The van der Waals surface area contributed by atoms with Crippen molar-refractivity contribution in [2.45, 2.75) is 18.6 Å². The van der Waals surface area contributed by atoms with Crippen molar-refractivity contribution < 1.29 is 14.6 Å². The number of benzene rings is 3. The predicted octanol–water partition coefficient (Wildman–Crippen LogP) is 5.35. The standard InChI is InChI=1S/C29H28N2O3S/c1-20-7-9-21(10-8-20)28(35)31-27(26-6-4-5-19-30-26)29(32,22-11-15-24(33-2)16-12-22)23-13-17-25(34-3)18-14-23/h4-19,27,32H,1-3H3,(H,31,35). The Morgan fingerprint density at radius 3 is 1.83 bits per heavy atom. The van der Waals surface area contributed by atoms with Crippen molar-refractivity contribution in [2.75, 3.05) is 14.2 Å². The van der Waals surface area contributed by atoms with Gasteiger partial charge in [-0.05, 0) is 54.4 Å². The number of aliphatic hydroxyl groups is 1. The summed E-state index contributed by atoms with van der Waals surface area (Å²) in [5.41, 5.74) is 2.46. The van der Waals surface area contributed by atoms with E-state index >= 15 is 0 Å². The lowest BCUT2D eigenvalue weighted by molar-refractivity contribution is 0.0423. The van der Waals surface area contributed by atoms with Gasteiger partial charge in [0.15, 0.2) is 0 Å². The maximum Gasteiger partial charge on any atom is 0.140 e. The third-order valence-electron chi connectivity index (χ3n) is 6.05. The first kappa shape index (κ1) is 24.4. The first-order chi connectivity index (χ1) is 17.0. The van der Waals surface area contributed by atoms with Crippen molar-refractivity contribution in [3.05, 3.63) is 125 Å².